The van der Waals surface area contributed by atoms with Crippen LogP contribution in [0.4, 0.5) is 0 Å². The van der Waals surface area contributed by atoms with Crippen molar-refractivity contribution in [1.29, 1.82) is 0 Å². The van der Waals surface area contributed by atoms with Crippen molar-refractivity contribution in [3.05, 3.63) is 84.4 Å². The molecule has 4 heteroatoms. The van der Waals surface area contributed by atoms with Gasteiger partial charge < -0.3 is 9.88 Å². The summed E-state index contributed by atoms with van der Waals surface area (Å²) in [6, 6.07) is 21.4. The van der Waals surface area contributed by atoms with Gasteiger partial charge in [-0.3, -0.25) is 4.98 Å². The van der Waals surface area contributed by atoms with Crippen molar-refractivity contribution in [1.82, 2.24) is 19.9 Å². The largest absolute Gasteiger partial charge is 0.342 e. The number of fused-ring (bicyclic) bond motifs is 1. The van der Waals surface area contributed by atoms with Gasteiger partial charge in [-0.1, -0.05) is 36.4 Å². The average molecular weight is 383 g/mol. The lowest BCUT2D eigenvalue weighted by Crippen LogP contribution is -2.34. The summed E-state index contributed by atoms with van der Waals surface area (Å²) in [4.78, 5) is 15.2. The summed E-state index contributed by atoms with van der Waals surface area (Å²) in [5, 5.41) is 0. The number of H-pyrrole nitrogens is 1. The predicted octanol–water partition coefficient (Wildman–Crippen LogP) is 5.05. The van der Waals surface area contributed by atoms with E-state index in [1.54, 1.807) is 0 Å². The zero-order chi connectivity index (χ0) is 19.5. The van der Waals surface area contributed by atoms with E-state index in [1.807, 2.05) is 24.5 Å². The second-order valence-electron chi connectivity index (χ2n) is 7.94. The van der Waals surface area contributed by atoms with E-state index in [2.05, 4.69) is 63.4 Å². The normalized spacial score (nSPS) is 15.7. The molecule has 1 fully saturated rings. The van der Waals surface area contributed by atoms with Crippen LogP contribution >= 0.6 is 0 Å². The van der Waals surface area contributed by atoms with Crippen LogP contribution in [0.25, 0.3) is 22.2 Å². The van der Waals surface area contributed by atoms with Crippen molar-refractivity contribution in [3.8, 4) is 11.1 Å². The number of benzene rings is 2. The van der Waals surface area contributed by atoms with E-state index < -0.39 is 0 Å². The van der Waals surface area contributed by atoms with Crippen molar-refractivity contribution >= 4 is 11.0 Å². The number of aromatic amines is 1. The maximum atomic E-state index is 4.90. The Kier molecular flexibility index (Phi) is 5.10. The van der Waals surface area contributed by atoms with Crippen LogP contribution in [-0.4, -0.2) is 39.5 Å². The third kappa shape index (κ3) is 4.08. The number of imidazole rings is 1. The first-order chi connectivity index (χ1) is 14.3. The molecule has 1 aliphatic heterocycles. The molecule has 0 unspecified atom stereocenters. The molecule has 0 saturated carbocycles. The van der Waals surface area contributed by atoms with Crippen LogP contribution in [0.5, 0.6) is 0 Å². The van der Waals surface area contributed by atoms with Gasteiger partial charge in [0.15, 0.2) is 0 Å². The Balaban J connectivity index is 1.23. The highest BCUT2D eigenvalue weighted by molar-refractivity contribution is 5.82. The maximum Gasteiger partial charge on any atom is 0.110 e. The first kappa shape index (κ1) is 18.1. The Morgan fingerprint density at radius 2 is 1.69 bits per heavy atom. The highest BCUT2D eigenvalue weighted by Crippen LogP contribution is 2.29. The van der Waals surface area contributed by atoms with Crippen LogP contribution in [0.1, 0.15) is 30.1 Å². The lowest BCUT2D eigenvalue weighted by molar-refractivity contribution is 0.212. The third-order valence-electron chi connectivity index (χ3n) is 6.05. The number of aromatic nitrogens is 3. The summed E-state index contributed by atoms with van der Waals surface area (Å²) in [6.07, 6.45) is 7.15. The molecule has 1 N–H and O–H groups in total. The van der Waals surface area contributed by atoms with E-state index in [0.29, 0.717) is 5.92 Å². The highest BCUT2D eigenvalue weighted by Gasteiger charge is 2.23. The smallest absolute Gasteiger partial charge is 0.110 e. The van der Waals surface area contributed by atoms with Crippen molar-refractivity contribution < 1.29 is 0 Å². The molecule has 0 bridgehead atoms. The minimum Gasteiger partial charge on any atom is -0.342 e. The minimum atomic E-state index is 0.528. The second-order valence-corrected chi connectivity index (χ2v) is 7.94. The molecule has 0 radical (unpaired) electrons. The van der Waals surface area contributed by atoms with E-state index in [9.17, 15) is 0 Å². The van der Waals surface area contributed by atoms with Gasteiger partial charge >= 0.3 is 0 Å². The first-order valence-corrected chi connectivity index (χ1v) is 10.5. The molecule has 2 aromatic heterocycles. The summed E-state index contributed by atoms with van der Waals surface area (Å²) in [6.45, 7) is 3.44. The van der Waals surface area contributed by atoms with Gasteiger partial charge in [-0.25, -0.2) is 4.98 Å². The van der Waals surface area contributed by atoms with Gasteiger partial charge in [0.25, 0.3) is 0 Å². The van der Waals surface area contributed by atoms with E-state index in [0.717, 1.165) is 42.9 Å². The summed E-state index contributed by atoms with van der Waals surface area (Å²) >= 11 is 0. The molecule has 0 aliphatic carbocycles. The van der Waals surface area contributed by atoms with Crippen LogP contribution in [0.2, 0.25) is 0 Å². The number of piperidine rings is 1. The van der Waals surface area contributed by atoms with Gasteiger partial charge in [-0.2, -0.15) is 0 Å². The summed E-state index contributed by atoms with van der Waals surface area (Å²) in [7, 11) is 0. The molecule has 0 amide bonds. The standard InChI is InChI=1S/C25H26N4/c1-2-4-19(5-3-1)10-15-29-16-11-21(12-17-29)25-27-23-7-6-22(18-24(23)28-25)20-8-13-26-14-9-20/h1-9,13-14,18,21H,10-12,15-17H2,(H,27,28). The SMILES string of the molecule is c1ccc(CCN2CCC(c3nc4ccc(-c5ccncc5)cc4[nH]3)CC2)cc1. The second kappa shape index (κ2) is 8.18. The van der Waals surface area contributed by atoms with Crippen LogP contribution in [0.15, 0.2) is 73.1 Å². The van der Waals surface area contributed by atoms with Crippen molar-refractivity contribution in [3.63, 3.8) is 0 Å². The van der Waals surface area contributed by atoms with Gasteiger partial charge in [0.1, 0.15) is 5.82 Å². The van der Waals surface area contributed by atoms with Crippen molar-refractivity contribution in [2.75, 3.05) is 19.6 Å². The van der Waals surface area contributed by atoms with Gasteiger partial charge in [0.05, 0.1) is 11.0 Å². The van der Waals surface area contributed by atoms with Gasteiger partial charge in [-0.05, 0) is 73.3 Å². The Morgan fingerprint density at radius 1 is 0.897 bits per heavy atom. The molecular formula is C25H26N4. The maximum absolute atomic E-state index is 4.90. The topological polar surface area (TPSA) is 44.8 Å². The monoisotopic (exact) mass is 382 g/mol. The van der Waals surface area contributed by atoms with E-state index in [4.69, 9.17) is 4.98 Å². The quantitative estimate of drug-likeness (QED) is 0.525. The first-order valence-electron chi connectivity index (χ1n) is 10.5. The molecule has 1 saturated heterocycles. The fourth-order valence-electron chi connectivity index (χ4n) is 4.31. The van der Waals surface area contributed by atoms with Crippen LogP contribution < -0.4 is 0 Å². The van der Waals surface area contributed by atoms with Gasteiger partial charge in [0, 0.05) is 24.9 Å². The number of hydrogen-bond donors (Lipinski definition) is 1. The van der Waals surface area contributed by atoms with E-state index in [1.165, 1.54) is 29.5 Å². The van der Waals surface area contributed by atoms with Crippen LogP contribution in [0.3, 0.4) is 0 Å². The number of likely N-dealkylation sites (tertiary alicyclic amines) is 1. The fraction of sp³-hybridized carbons (Fsp3) is 0.280. The zero-order valence-electron chi connectivity index (χ0n) is 16.6. The molecule has 4 nitrogen and oxygen atoms in total. The Bertz CT molecular complexity index is 1060. The third-order valence-corrected chi connectivity index (χ3v) is 6.05. The molecule has 146 valence electrons. The van der Waals surface area contributed by atoms with Gasteiger partial charge in [0.2, 0.25) is 0 Å². The number of hydrogen-bond acceptors (Lipinski definition) is 3. The van der Waals surface area contributed by atoms with Crippen molar-refractivity contribution in [2.45, 2.75) is 25.2 Å². The number of nitrogens with zero attached hydrogens (tertiary/aromatic N) is 3. The van der Waals surface area contributed by atoms with E-state index in [-0.39, 0.29) is 0 Å². The van der Waals surface area contributed by atoms with E-state index >= 15 is 0 Å². The lowest BCUT2D eigenvalue weighted by atomic mass is 9.96. The van der Waals surface area contributed by atoms with Crippen LogP contribution in [0, 0.1) is 0 Å². The number of pyridine rings is 1. The predicted molar refractivity (Wildman–Crippen MR) is 118 cm³/mol. The van der Waals surface area contributed by atoms with Crippen molar-refractivity contribution in [2.24, 2.45) is 0 Å². The summed E-state index contributed by atoms with van der Waals surface area (Å²) in [5.41, 5.74) is 6.00. The molecule has 4 aromatic rings. The van der Waals surface area contributed by atoms with Crippen LogP contribution in [-0.2, 0) is 6.42 Å². The molecule has 2 aromatic carbocycles. The Morgan fingerprint density at radius 3 is 2.48 bits per heavy atom. The zero-order valence-corrected chi connectivity index (χ0v) is 16.6. The highest BCUT2D eigenvalue weighted by atomic mass is 15.1. The average Bonchev–Trinajstić information content (AvgIpc) is 3.23. The summed E-state index contributed by atoms with van der Waals surface area (Å²) in [5.74, 6) is 1.68. The Hall–Kier alpha value is -2.98. The van der Waals surface area contributed by atoms with Gasteiger partial charge in [-0.15, -0.1) is 0 Å². The fourth-order valence-corrected chi connectivity index (χ4v) is 4.31. The number of rotatable bonds is 5. The molecule has 0 atom stereocenters. The molecule has 29 heavy (non-hydrogen) atoms. The molecule has 0 spiro atoms. The Labute approximate surface area is 171 Å². The minimum absolute atomic E-state index is 0.528. The molecule has 1 aliphatic rings. The summed E-state index contributed by atoms with van der Waals surface area (Å²) < 4.78 is 0. The molecule has 5 rings (SSSR count). The molecule has 3 heterocycles. The lowest BCUT2D eigenvalue weighted by Gasteiger charge is -2.31. The molecular weight excluding hydrogens is 356 g/mol. The number of nitrogens with one attached hydrogen (secondary N) is 1.